The van der Waals surface area contributed by atoms with Gasteiger partial charge < -0.3 is 0 Å². The third-order valence-electron chi connectivity index (χ3n) is 0.408. The second kappa shape index (κ2) is 6.44. The van der Waals surface area contributed by atoms with Gasteiger partial charge in [-0.1, -0.05) is 5.92 Å². The quantitative estimate of drug-likeness (QED) is 0.455. The van der Waals surface area contributed by atoms with Crippen molar-refractivity contribution in [3.8, 4) is 12.3 Å². The van der Waals surface area contributed by atoms with E-state index in [4.69, 9.17) is 6.42 Å². The van der Waals surface area contributed by atoms with E-state index in [9.17, 15) is 0 Å². The van der Waals surface area contributed by atoms with Crippen LogP contribution in [0.5, 0.6) is 0 Å². The second-order valence-electron chi connectivity index (χ2n) is 1.44. The maximum absolute atomic E-state index is 4.94. The number of hydrogen-bond acceptors (Lipinski definition) is 1. The van der Waals surface area contributed by atoms with Crippen LogP contribution < -0.4 is 0 Å². The van der Waals surface area contributed by atoms with Crippen LogP contribution in [0.25, 0.3) is 0 Å². The van der Waals surface area contributed by atoms with Crippen LogP contribution in [-0.4, -0.2) is 52.8 Å². The number of rotatable bonds is 1. The van der Waals surface area contributed by atoms with Crippen LogP contribution in [0.4, 0.5) is 0 Å². The third kappa shape index (κ3) is 10.7. The second-order valence-corrected chi connectivity index (χ2v) is 1.44. The fraction of sp³-hybridized carbons (Fsp3) is 0.600. The van der Waals surface area contributed by atoms with Crippen molar-refractivity contribution >= 4 is 27.3 Å². The van der Waals surface area contributed by atoms with E-state index in [1.807, 2.05) is 19.0 Å². The van der Waals surface area contributed by atoms with E-state index >= 15 is 0 Å². The van der Waals surface area contributed by atoms with Crippen molar-refractivity contribution in [1.29, 1.82) is 0 Å². The van der Waals surface area contributed by atoms with Gasteiger partial charge in [0.25, 0.3) is 0 Å². The molecule has 0 aliphatic heterocycles. The summed E-state index contributed by atoms with van der Waals surface area (Å²) < 4.78 is 0. The van der Waals surface area contributed by atoms with Gasteiger partial charge in [-0.2, -0.15) is 0 Å². The van der Waals surface area contributed by atoms with Gasteiger partial charge in [-0.25, -0.2) is 0 Å². The van der Waals surface area contributed by atoms with Gasteiger partial charge in [-0.15, -0.1) is 6.42 Å². The van der Waals surface area contributed by atoms with Crippen LogP contribution in [0.2, 0.25) is 0 Å². The zero-order valence-electron chi connectivity index (χ0n) is 4.94. The van der Waals surface area contributed by atoms with E-state index in [1.54, 1.807) is 0 Å². The van der Waals surface area contributed by atoms with Crippen molar-refractivity contribution in [3.63, 3.8) is 0 Å². The van der Waals surface area contributed by atoms with Crippen molar-refractivity contribution < 1.29 is 0 Å². The molecule has 0 aromatic rings. The normalized spacial score (nSPS) is 7.14. The average Bonchev–Trinajstić information content (AvgIpc) is 1.35. The molecule has 0 saturated heterocycles. The molecule has 0 N–H and O–H groups in total. The summed E-state index contributed by atoms with van der Waals surface area (Å²) in [4.78, 5) is 1.94. The van der Waals surface area contributed by atoms with Crippen LogP contribution >= 0.6 is 0 Å². The molecule has 7 heavy (non-hydrogen) atoms. The molecule has 0 amide bonds. The average molecular weight is 292 g/mol. The molecule has 0 saturated carbocycles. The summed E-state index contributed by atoms with van der Waals surface area (Å²) in [5.74, 6) is 2.49. The molecule has 40 valence electrons. The molecule has 0 bridgehead atoms. The fourth-order valence-electron chi connectivity index (χ4n) is 0.183. The number of nitrogens with zero attached hydrogens (tertiary/aromatic N) is 1. The Kier molecular flexibility index (Phi) is 9.60. The Balaban J connectivity index is 0. The summed E-state index contributed by atoms with van der Waals surface area (Å²) in [5.41, 5.74) is 0. The van der Waals surface area contributed by atoms with Gasteiger partial charge in [0.2, 0.25) is 0 Å². The van der Waals surface area contributed by atoms with E-state index < -0.39 is 0 Å². The van der Waals surface area contributed by atoms with Crippen LogP contribution in [0.15, 0.2) is 0 Å². The zero-order valence-corrected chi connectivity index (χ0v) is 10.4. The molecule has 0 unspecified atom stereocenters. The Bertz CT molecular complexity index is 63.0. The Morgan fingerprint density at radius 2 is 2.00 bits per heavy atom. The Labute approximate surface area is 65.2 Å². The third-order valence-corrected chi connectivity index (χ3v) is 0.408. The topological polar surface area (TPSA) is 3.24 Å². The van der Waals surface area contributed by atoms with Gasteiger partial charge in [-0.3, -0.25) is 4.90 Å². The van der Waals surface area contributed by atoms with Crippen molar-refractivity contribution in [1.82, 2.24) is 4.90 Å². The molecule has 0 atom stereocenters. The molecule has 0 fully saturated rings. The summed E-state index contributed by atoms with van der Waals surface area (Å²) in [6.45, 7) is 0.736. The van der Waals surface area contributed by atoms with Gasteiger partial charge in [0.15, 0.2) is 0 Å². The van der Waals surface area contributed by atoms with Crippen molar-refractivity contribution in [3.05, 3.63) is 0 Å². The van der Waals surface area contributed by atoms with Crippen molar-refractivity contribution in [2.75, 3.05) is 20.6 Å². The Hall–Kier alpha value is 0.442. The first-order chi connectivity index (χ1) is 2.77. The van der Waals surface area contributed by atoms with E-state index in [2.05, 4.69) is 5.92 Å². The van der Waals surface area contributed by atoms with Crippen LogP contribution in [0, 0.1) is 12.3 Å². The predicted molar refractivity (Wildman–Crippen MR) is 35.9 cm³/mol. The molecule has 0 aromatic carbocycles. The van der Waals surface area contributed by atoms with E-state index in [1.165, 1.54) is 0 Å². The number of hydrogen-bond donors (Lipinski definition) is 0. The maximum atomic E-state index is 4.94. The first-order valence-electron chi connectivity index (χ1n) is 1.85. The van der Waals surface area contributed by atoms with E-state index in [0.717, 1.165) is 6.54 Å². The Morgan fingerprint density at radius 1 is 1.57 bits per heavy atom. The van der Waals surface area contributed by atoms with Crippen LogP contribution in [-0.2, 0) is 0 Å². The first-order valence-corrected chi connectivity index (χ1v) is 1.85. The van der Waals surface area contributed by atoms with Gasteiger partial charge in [0.1, 0.15) is 0 Å². The molecule has 0 rings (SSSR count). The Morgan fingerprint density at radius 3 is 2.00 bits per heavy atom. The first kappa shape index (κ1) is 10.4. The molecule has 0 spiro atoms. The van der Waals surface area contributed by atoms with Gasteiger partial charge in [-0.05, 0) is 14.1 Å². The minimum atomic E-state index is 0. The molecular formula is C5H11NPb. The fourth-order valence-corrected chi connectivity index (χ4v) is 0.183. The van der Waals surface area contributed by atoms with E-state index in [0.29, 0.717) is 0 Å². The van der Waals surface area contributed by atoms with Gasteiger partial charge in [0.05, 0.1) is 6.54 Å². The van der Waals surface area contributed by atoms with Gasteiger partial charge >= 0.3 is 27.3 Å². The van der Waals surface area contributed by atoms with E-state index in [-0.39, 0.29) is 27.3 Å². The minimum absolute atomic E-state index is 0. The standard InChI is InChI=1S/C5H9N.Pb.2H/c1-4-5-6(2)3;;;/h1H,5H2,2-3H3;;;. The predicted octanol–water partition coefficient (Wildman–Crippen LogP) is -0.735. The summed E-state index contributed by atoms with van der Waals surface area (Å²) >= 11 is 0. The monoisotopic (exact) mass is 293 g/mol. The summed E-state index contributed by atoms with van der Waals surface area (Å²) in [7, 11) is 3.89. The summed E-state index contributed by atoms with van der Waals surface area (Å²) in [6.07, 6.45) is 4.94. The van der Waals surface area contributed by atoms with Gasteiger partial charge in [0, 0.05) is 0 Å². The molecule has 2 heteroatoms. The van der Waals surface area contributed by atoms with Crippen LogP contribution in [0.3, 0.4) is 0 Å². The number of terminal acetylenes is 1. The SMILES string of the molecule is C#CCN(C)C.[PbH2]. The molecule has 1 nitrogen and oxygen atoms in total. The van der Waals surface area contributed by atoms with Crippen molar-refractivity contribution in [2.45, 2.75) is 0 Å². The molecule has 0 aromatic heterocycles. The molecular weight excluding hydrogens is 281 g/mol. The van der Waals surface area contributed by atoms with Crippen LogP contribution in [0.1, 0.15) is 0 Å². The summed E-state index contributed by atoms with van der Waals surface area (Å²) in [5, 5.41) is 0. The summed E-state index contributed by atoms with van der Waals surface area (Å²) in [6, 6.07) is 0. The molecule has 0 heterocycles. The molecule has 0 aliphatic rings. The molecule has 2 radical (unpaired) electrons. The van der Waals surface area contributed by atoms with Crippen molar-refractivity contribution in [2.24, 2.45) is 0 Å². The zero-order chi connectivity index (χ0) is 4.99. The molecule has 0 aliphatic carbocycles.